The second-order valence-electron chi connectivity index (χ2n) is 4.08. The lowest BCUT2D eigenvalue weighted by Crippen LogP contribution is -2.49. The zero-order chi connectivity index (χ0) is 11.9. The molecule has 1 aliphatic rings. The fraction of sp³-hybridized carbons (Fsp3) is 0.364. The van der Waals surface area contributed by atoms with Gasteiger partial charge >= 0.3 is 0 Å². The monoisotopic (exact) mass is 286 g/mol. The fourth-order valence-corrected chi connectivity index (χ4v) is 1.96. The predicted octanol–water partition coefficient (Wildman–Crippen LogP) is 3.12. The van der Waals surface area contributed by atoms with E-state index in [-0.39, 0.29) is 11.7 Å². The highest BCUT2D eigenvalue weighted by Gasteiger charge is 2.36. The van der Waals surface area contributed by atoms with Crippen molar-refractivity contribution in [3.8, 4) is 0 Å². The van der Waals surface area contributed by atoms with Crippen molar-refractivity contribution in [2.45, 2.75) is 25.8 Å². The lowest BCUT2D eigenvalue weighted by Gasteiger charge is -2.35. The molecule has 1 heterocycles. The van der Waals surface area contributed by atoms with Crippen molar-refractivity contribution in [3.05, 3.63) is 22.4 Å². The largest absolute Gasteiger partial charge is 0.370 e. The zero-order valence-corrected chi connectivity index (χ0v) is 10.6. The van der Waals surface area contributed by atoms with Crippen LogP contribution < -0.4 is 10.6 Å². The Hall–Kier alpha value is -1.10. The van der Waals surface area contributed by atoms with E-state index in [1.807, 2.05) is 6.92 Å². The number of rotatable bonds is 1. The van der Waals surface area contributed by atoms with Crippen LogP contribution in [-0.2, 0) is 4.79 Å². The summed E-state index contributed by atoms with van der Waals surface area (Å²) in [7, 11) is 0. The Bertz CT molecular complexity index is 464. The Morgan fingerprint density at radius 3 is 2.75 bits per heavy atom. The first kappa shape index (κ1) is 11.4. The minimum Gasteiger partial charge on any atom is -0.370 e. The standard InChI is InChI=1S/C11H12BrFN2O/c1-3-11(2)10(16)14-8-4-6(12)7(13)5-9(8)15-11/h4-5,15H,3H2,1-2H3,(H,14,16). The van der Waals surface area contributed by atoms with E-state index in [1.54, 1.807) is 13.0 Å². The van der Waals surface area contributed by atoms with Crippen molar-refractivity contribution in [1.82, 2.24) is 0 Å². The molecule has 0 aliphatic carbocycles. The minimum absolute atomic E-state index is 0.0963. The average Bonchev–Trinajstić information content (AvgIpc) is 2.23. The molecule has 1 aromatic carbocycles. The number of halogens is 2. The molecular formula is C11H12BrFN2O. The molecule has 0 fully saturated rings. The molecule has 2 N–H and O–H groups in total. The molecule has 1 aromatic rings. The minimum atomic E-state index is -0.673. The molecule has 2 rings (SSSR count). The van der Waals surface area contributed by atoms with Crippen LogP contribution in [-0.4, -0.2) is 11.4 Å². The van der Waals surface area contributed by atoms with Gasteiger partial charge in [0.2, 0.25) is 5.91 Å². The topological polar surface area (TPSA) is 41.1 Å². The summed E-state index contributed by atoms with van der Waals surface area (Å²) in [5.41, 5.74) is 0.543. The van der Waals surface area contributed by atoms with E-state index in [9.17, 15) is 9.18 Å². The van der Waals surface area contributed by atoms with E-state index < -0.39 is 5.54 Å². The van der Waals surface area contributed by atoms with Crippen LogP contribution in [0.5, 0.6) is 0 Å². The highest BCUT2D eigenvalue weighted by Crippen LogP contribution is 2.35. The number of hydrogen-bond donors (Lipinski definition) is 2. The van der Waals surface area contributed by atoms with Crippen LogP contribution in [0.25, 0.3) is 0 Å². The van der Waals surface area contributed by atoms with Gasteiger partial charge in [-0.25, -0.2) is 4.39 Å². The molecule has 0 aromatic heterocycles. The average molecular weight is 287 g/mol. The normalized spacial score (nSPS) is 23.4. The highest BCUT2D eigenvalue weighted by molar-refractivity contribution is 9.10. The molecule has 1 amide bonds. The summed E-state index contributed by atoms with van der Waals surface area (Å²) in [5.74, 6) is -0.443. The lowest BCUT2D eigenvalue weighted by molar-refractivity contribution is -0.120. The van der Waals surface area contributed by atoms with Crippen LogP contribution in [0.3, 0.4) is 0 Å². The number of fused-ring (bicyclic) bond motifs is 1. The SMILES string of the molecule is CCC1(C)Nc2cc(F)c(Br)cc2NC1=O. The fourth-order valence-electron chi connectivity index (χ4n) is 1.62. The van der Waals surface area contributed by atoms with E-state index in [1.165, 1.54) is 6.07 Å². The smallest absolute Gasteiger partial charge is 0.249 e. The third-order valence-electron chi connectivity index (χ3n) is 2.93. The Morgan fingerprint density at radius 1 is 1.44 bits per heavy atom. The van der Waals surface area contributed by atoms with Gasteiger partial charge in [0, 0.05) is 6.07 Å². The van der Waals surface area contributed by atoms with Gasteiger partial charge in [0.15, 0.2) is 0 Å². The van der Waals surface area contributed by atoms with Crippen molar-refractivity contribution >= 4 is 33.2 Å². The highest BCUT2D eigenvalue weighted by atomic mass is 79.9. The molecule has 0 saturated carbocycles. The molecule has 0 spiro atoms. The van der Waals surface area contributed by atoms with Crippen LogP contribution in [0.2, 0.25) is 0 Å². The number of hydrogen-bond acceptors (Lipinski definition) is 2. The molecule has 1 aliphatic heterocycles. The maximum atomic E-state index is 13.4. The van der Waals surface area contributed by atoms with Crippen LogP contribution in [0.4, 0.5) is 15.8 Å². The summed E-state index contributed by atoms with van der Waals surface area (Å²) in [6.45, 7) is 3.71. The van der Waals surface area contributed by atoms with Crippen molar-refractivity contribution in [3.63, 3.8) is 0 Å². The zero-order valence-electron chi connectivity index (χ0n) is 9.03. The van der Waals surface area contributed by atoms with Gasteiger partial charge in [-0.05, 0) is 35.3 Å². The van der Waals surface area contributed by atoms with Crippen LogP contribution in [0, 0.1) is 5.82 Å². The van der Waals surface area contributed by atoms with E-state index in [2.05, 4.69) is 26.6 Å². The maximum Gasteiger partial charge on any atom is 0.249 e. The molecular weight excluding hydrogens is 275 g/mol. The number of carbonyl (C=O) groups excluding carboxylic acids is 1. The number of benzene rings is 1. The summed E-state index contributed by atoms with van der Waals surface area (Å²) < 4.78 is 13.7. The first-order valence-electron chi connectivity index (χ1n) is 5.05. The quantitative estimate of drug-likeness (QED) is 0.833. The summed E-state index contributed by atoms with van der Waals surface area (Å²) in [5, 5.41) is 5.84. The van der Waals surface area contributed by atoms with Gasteiger partial charge in [-0.1, -0.05) is 6.92 Å². The van der Waals surface area contributed by atoms with Crippen LogP contribution >= 0.6 is 15.9 Å². The summed E-state index contributed by atoms with van der Waals surface area (Å²) >= 11 is 3.09. The van der Waals surface area contributed by atoms with E-state index in [0.717, 1.165) is 0 Å². The Balaban J connectivity index is 2.47. The van der Waals surface area contributed by atoms with E-state index in [4.69, 9.17) is 0 Å². The summed E-state index contributed by atoms with van der Waals surface area (Å²) in [6.07, 6.45) is 0.635. The number of anilines is 2. The summed E-state index contributed by atoms with van der Waals surface area (Å²) in [6, 6.07) is 2.94. The van der Waals surface area contributed by atoms with Crippen molar-refractivity contribution in [2.75, 3.05) is 10.6 Å². The molecule has 86 valence electrons. The molecule has 1 atom stereocenters. The molecule has 1 unspecified atom stereocenters. The number of carbonyl (C=O) groups is 1. The number of nitrogens with one attached hydrogen (secondary N) is 2. The van der Waals surface area contributed by atoms with Gasteiger partial charge in [-0.2, -0.15) is 0 Å². The van der Waals surface area contributed by atoms with E-state index in [0.29, 0.717) is 22.3 Å². The molecule has 0 bridgehead atoms. The van der Waals surface area contributed by atoms with E-state index >= 15 is 0 Å². The maximum absolute atomic E-state index is 13.4. The molecule has 5 heteroatoms. The van der Waals surface area contributed by atoms with Gasteiger partial charge in [-0.3, -0.25) is 4.79 Å². The van der Waals surface area contributed by atoms with Crippen molar-refractivity contribution in [2.24, 2.45) is 0 Å². The first-order chi connectivity index (χ1) is 7.46. The number of amides is 1. The second kappa shape index (κ2) is 3.73. The van der Waals surface area contributed by atoms with Gasteiger partial charge in [0.25, 0.3) is 0 Å². The Morgan fingerprint density at radius 2 is 2.12 bits per heavy atom. The van der Waals surface area contributed by atoms with Gasteiger partial charge in [0.1, 0.15) is 11.4 Å². The molecule has 0 saturated heterocycles. The van der Waals surface area contributed by atoms with Crippen LogP contribution in [0.1, 0.15) is 20.3 Å². The van der Waals surface area contributed by atoms with Crippen LogP contribution in [0.15, 0.2) is 16.6 Å². The Labute approximate surface area is 102 Å². The van der Waals surface area contributed by atoms with Crippen molar-refractivity contribution in [1.29, 1.82) is 0 Å². The first-order valence-corrected chi connectivity index (χ1v) is 5.84. The van der Waals surface area contributed by atoms with Crippen molar-refractivity contribution < 1.29 is 9.18 Å². The lowest BCUT2D eigenvalue weighted by atomic mass is 9.94. The molecule has 16 heavy (non-hydrogen) atoms. The molecule has 0 radical (unpaired) electrons. The van der Waals surface area contributed by atoms with Gasteiger partial charge in [-0.15, -0.1) is 0 Å². The second-order valence-corrected chi connectivity index (χ2v) is 4.93. The predicted molar refractivity (Wildman–Crippen MR) is 65.0 cm³/mol. The summed E-state index contributed by atoms with van der Waals surface area (Å²) in [4.78, 5) is 11.8. The van der Waals surface area contributed by atoms with Gasteiger partial charge < -0.3 is 10.6 Å². The molecule has 3 nitrogen and oxygen atoms in total. The van der Waals surface area contributed by atoms with Gasteiger partial charge in [0.05, 0.1) is 15.8 Å². The Kier molecular flexibility index (Phi) is 2.66. The third-order valence-corrected chi connectivity index (χ3v) is 3.54. The third kappa shape index (κ3) is 1.69.